The van der Waals surface area contributed by atoms with Crippen molar-refractivity contribution in [2.75, 3.05) is 13.1 Å². The van der Waals surface area contributed by atoms with Gasteiger partial charge in [-0.15, -0.1) is 12.4 Å². The molecule has 2 atom stereocenters. The Kier molecular flexibility index (Phi) is 7.15. The number of piperidine rings is 1. The van der Waals surface area contributed by atoms with Crippen LogP contribution in [0, 0.1) is 5.92 Å². The number of nitrogens with two attached hydrogens (primary N) is 1. The van der Waals surface area contributed by atoms with Gasteiger partial charge in [0.25, 0.3) is 0 Å². The minimum absolute atomic E-state index is 0. The zero-order valence-electron chi connectivity index (χ0n) is 10.1. The van der Waals surface area contributed by atoms with E-state index in [0.717, 1.165) is 19.4 Å². The number of aliphatic carboxylic acids is 1. The molecular formula is C11H21ClN2O3. The average molecular weight is 265 g/mol. The third-order valence-electron chi connectivity index (χ3n) is 3.15. The van der Waals surface area contributed by atoms with Crippen molar-refractivity contribution < 1.29 is 14.7 Å². The zero-order chi connectivity index (χ0) is 12.1. The molecule has 3 N–H and O–H groups in total. The molecule has 0 aliphatic carbocycles. The van der Waals surface area contributed by atoms with Crippen LogP contribution in [-0.2, 0) is 9.59 Å². The van der Waals surface area contributed by atoms with Gasteiger partial charge in [0, 0.05) is 13.0 Å². The molecule has 6 heteroatoms. The summed E-state index contributed by atoms with van der Waals surface area (Å²) < 4.78 is 0. The van der Waals surface area contributed by atoms with Crippen molar-refractivity contribution in [3.8, 4) is 0 Å². The Morgan fingerprint density at radius 3 is 2.65 bits per heavy atom. The topological polar surface area (TPSA) is 83.6 Å². The number of rotatable bonds is 5. The number of nitrogens with zero attached hydrogens (tertiary/aromatic N) is 1. The van der Waals surface area contributed by atoms with E-state index in [1.54, 1.807) is 0 Å². The summed E-state index contributed by atoms with van der Waals surface area (Å²) in [5.74, 6) is -0.850. The zero-order valence-corrected chi connectivity index (χ0v) is 10.9. The fourth-order valence-corrected chi connectivity index (χ4v) is 2.42. The molecule has 1 saturated heterocycles. The molecule has 0 spiro atoms. The molecule has 0 aromatic carbocycles. The van der Waals surface area contributed by atoms with Crippen LogP contribution in [0.15, 0.2) is 0 Å². The van der Waals surface area contributed by atoms with Gasteiger partial charge in [-0.3, -0.25) is 14.5 Å². The van der Waals surface area contributed by atoms with Gasteiger partial charge in [-0.2, -0.15) is 0 Å². The summed E-state index contributed by atoms with van der Waals surface area (Å²) in [5, 5.41) is 9.06. The fraction of sp³-hybridized carbons (Fsp3) is 0.818. The van der Waals surface area contributed by atoms with Gasteiger partial charge in [-0.25, -0.2) is 0 Å². The first kappa shape index (κ1) is 16.2. The Balaban J connectivity index is 0.00000256. The number of halogens is 1. The third kappa shape index (κ3) is 4.91. The van der Waals surface area contributed by atoms with Crippen LogP contribution in [0.4, 0.5) is 0 Å². The fourth-order valence-electron chi connectivity index (χ4n) is 2.42. The molecular weight excluding hydrogens is 244 g/mol. The first-order chi connectivity index (χ1) is 7.54. The number of amides is 1. The maximum Gasteiger partial charge on any atom is 0.320 e. The van der Waals surface area contributed by atoms with E-state index in [1.165, 1.54) is 0 Å². The molecule has 17 heavy (non-hydrogen) atoms. The lowest BCUT2D eigenvalue weighted by atomic mass is 9.93. The largest absolute Gasteiger partial charge is 0.480 e. The van der Waals surface area contributed by atoms with Crippen LogP contribution in [-0.4, -0.2) is 41.0 Å². The molecule has 1 aliphatic heterocycles. The maximum absolute atomic E-state index is 11.0. The summed E-state index contributed by atoms with van der Waals surface area (Å²) in [6.45, 7) is 3.35. The second kappa shape index (κ2) is 7.50. The van der Waals surface area contributed by atoms with Crippen LogP contribution in [0.25, 0.3) is 0 Å². The van der Waals surface area contributed by atoms with Gasteiger partial charge in [0.15, 0.2) is 0 Å². The second-order valence-corrected chi connectivity index (χ2v) is 4.44. The number of hydrogen-bond donors (Lipinski definition) is 2. The standard InChI is InChI=1S/C11H20N2O3.ClH/c1-2-9(11(15)16)13-5-3-4-8(7-13)6-10(12)14;/h8-9H,2-7H2,1H3,(H2,12,14)(H,15,16);1H. The first-order valence-electron chi connectivity index (χ1n) is 5.79. The van der Waals surface area contributed by atoms with Crippen LogP contribution >= 0.6 is 12.4 Å². The predicted molar refractivity (Wildman–Crippen MR) is 67.1 cm³/mol. The SMILES string of the molecule is CCC(C(=O)O)N1CCCC(CC(N)=O)C1.Cl. The summed E-state index contributed by atoms with van der Waals surface area (Å²) in [7, 11) is 0. The summed E-state index contributed by atoms with van der Waals surface area (Å²) in [4.78, 5) is 23.8. The quantitative estimate of drug-likeness (QED) is 0.771. The number of hydrogen-bond acceptors (Lipinski definition) is 3. The molecule has 0 saturated carbocycles. The predicted octanol–water partition coefficient (Wildman–Crippen LogP) is 0.859. The highest BCUT2D eigenvalue weighted by atomic mass is 35.5. The second-order valence-electron chi connectivity index (χ2n) is 4.44. The van der Waals surface area contributed by atoms with E-state index in [0.29, 0.717) is 19.4 Å². The lowest BCUT2D eigenvalue weighted by molar-refractivity contribution is -0.144. The maximum atomic E-state index is 11.0. The highest BCUT2D eigenvalue weighted by Gasteiger charge is 2.29. The summed E-state index contributed by atoms with van der Waals surface area (Å²) in [5.41, 5.74) is 5.16. The van der Waals surface area contributed by atoms with Gasteiger partial charge in [0.05, 0.1) is 0 Å². The van der Waals surface area contributed by atoms with Crippen LogP contribution in [0.1, 0.15) is 32.6 Å². The number of carbonyl (C=O) groups is 2. The van der Waals surface area contributed by atoms with Gasteiger partial charge in [-0.05, 0) is 31.7 Å². The van der Waals surface area contributed by atoms with Crippen molar-refractivity contribution in [1.82, 2.24) is 4.90 Å². The molecule has 1 fully saturated rings. The van der Waals surface area contributed by atoms with Crippen molar-refractivity contribution in [1.29, 1.82) is 0 Å². The van der Waals surface area contributed by atoms with Crippen LogP contribution in [0.5, 0.6) is 0 Å². The van der Waals surface area contributed by atoms with Gasteiger partial charge >= 0.3 is 5.97 Å². The lowest BCUT2D eigenvalue weighted by Crippen LogP contribution is -2.46. The van der Waals surface area contributed by atoms with Crippen molar-refractivity contribution in [3.63, 3.8) is 0 Å². The van der Waals surface area contributed by atoms with Gasteiger partial charge in [0.2, 0.25) is 5.91 Å². The highest BCUT2D eigenvalue weighted by Crippen LogP contribution is 2.22. The minimum Gasteiger partial charge on any atom is -0.480 e. The molecule has 1 heterocycles. The number of likely N-dealkylation sites (tertiary alicyclic amines) is 1. The number of carbonyl (C=O) groups excluding carboxylic acids is 1. The van der Waals surface area contributed by atoms with Crippen molar-refractivity contribution in [2.24, 2.45) is 11.7 Å². The average Bonchev–Trinajstić information content (AvgIpc) is 2.17. The first-order valence-corrected chi connectivity index (χ1v) is 5.79. The smallest absolute Gasteiger partial charge is 0.320 e. The van der Waals surface area contributed by atoms with E-state index in [9.17, 15) is 9.59 Å². The van der Waals surface area contributed by atoms with E-state index in [-0.39, 0.29) is 24.2 Å². The van der Waals surface area contributed by atoms with Crippen molar-refractivity contribution in [2.45, 2.75) is 38.6 Å². The Hall–Kier alpha value is -0.810. The van der Waals surface area contributed by atoms with Crippen LogP contribution in [0.3, 0.4) is 0 Å². The molecule has 1 amide bonds. The molecule has 1 aliphatic rings. The summed E-state index contributed by atoms with van der Waals surface area (Å²) in [6, 6.07) is -0.421. The Morgan fingerprint density at radius 2 is 2.18 bits per heavy atom. The number of primary amides is 1. The van der Waals surface area contributed by atoms with E-state index >= 15 is 0 Å². The van der Waals surface area contributed by atoms with E-state index in [1.807, 2.05) is 11.8 Å². The minimum atomic E-state index is -0.776. The molecule has 0 aromatic heterocycles. The van der Waals surface area contributed by atoms with Gasteiger partial charge < -0.3 is 10.8 Å². The number of carboxylic acids is 1. The molecule has 0 aromatic rings. The molecule has 1 rings (SSSR count). The van der Waals surface area contributed by atoms with Gasteiger partial charge in [0.1, 0.15) is 6.04 Å². The van der Waals surface area contributed by atoms with E-state index < -0.39 is 12.0 Å². The molecule has 0 radical (unpaired) electrons. The number of carboxylic acid groups (broad SMARTS) is 1. The summed E-state index contributed by atoms with van der Waals surface area (Å²) >= 11 is 0. The Morgan fingerprint density at radius 1 is 1.53 bits per heavy atom. The Labute approximate surface area is 108 Å². The Bertz CT molecular complexity index is 273. The van der Waals surface area contributed by atoms with Crippen LogP contribution < -0.4 is 5.73 Å². The normalized spacial score (nSPS) is 22.5. The van der Waals surface area contributed by atoms with Crippen molar-refractivity contribution in [3.05, 3.63) is 0 Å². The molecule has 5 nitrogen and oxygen atoms in total. The molecule has 100 valence electrons. The molecule has 2 unspecified atom stereocenters. The molecule has 0 bridgehead atoms. The highest BCUT2D eigenvalue weighted by molar-refractivity contribution is 5.85. The van der Waals surface area contributed by atoms with Crippen molar-refractivity contribution >= 4 is 24.3 Å². The van der Waals surface area contributed by atoms with Gasteiger partial charge in [-0.1, -0.05) is 6.92 Å². The summed E-state index contributed by atoms with van der Waals surface area (Å²) in [6.07, 6.45) is 2.88. The monoisotopic (exact) mass is 264 g/mol. The van der Waals surface area contributed by atoms with E-state index in [2.05, 4.69) is 0 Å². The lowest BCUT2D eigenvalue weighted by Gasteiger charge is -2.35. The third-order valence-corrected chi connectivity index (χ3v) is 3.15. The van der Waals surface area contributed by atoms with Crippen LogP contribution in [0.2, 0.25) is 0 Å². The van der Waals surface area contributed by atoms with E-state index in [4.69, 9.17) is 10.8 Å².